The number of benzene rings is 1. The van der Waals surface area contributed by atoms with Crippen molar-refractivity contribution in [1.82, 2.24) is 0 Å². The summed E-state index contributed by atoms with van der Waals surface area (Å²) >= 11 is 0. The summed E-state index contributed by atoms with van der Waals surface area (Å²) in [7, 11) is 0. The molecule has 106 valence electrons. The molecule has 19 heavy (non-hydrogen) atoms. The van der Waals surface area contributed by atoms with Gasteiger partial charge in [-0.25, -0.2) is 4.39 Å². The first-order valence-corrected chi connectivity index (χ1v) is 6.63. The lowest BCUT2D eigenvalue weighted by molar-refractivity contribution is -0.153. The predicted molar refractivity (Wildman–Crippen MR) is 71.7 cm³/mol. The predicted octanol–water partition coefficient (Wildman–Crippen LogP) is 2.93. The Bertz CT molecular complexity index is 354. The molecule has 0 fully saturated rings. The maximum absolute atomic E-state index is 12.7. The molecule has 0 heterocycles. The molecule has 0 aliphatic carbocycles. The topological polar surface area (TPSA) is 35.5 Å². The molecule has 0 saturated carbocycles. The Balaban J connectivity index is 2.17. The lowest BCUT2D eigenvalue weighted by Gasteiger charge is -2.14. The molecule has 0 amide bonds. The summed E-state index contributed by atoms with van der Waals surface area (Å²) < 4.78 is 23.0. The normalized spacial score (nSPS) is 12.1. The molecule has 1 atom stereocenters. The van der Waals surface area contributed by atoms with E-state index in [0.717, 1.165) is 6.42 Å². The minimum atomic E-state index is -0.783. The summed E-state index contributed by atoms with van der Waals surface area (Å²) in [4.78, 5) is 11.2. The van der Waals surface area contributed by atoms with Gasteiger partial charge in [0.15, 0.2) is 6.10 Å². The van der Waals surface area contributed by atoms with E-state index in [9.17, 15) is 9.18 Å². The van der Waals surface area contributed by atoms with Gasteiger partial charge < -0.3 is 9.47 Å². The number of halogens is 1. The van der Waals surface area contributed by atoms with E-state index in [0.29, 0.717) is 19.4 Å². The molecule has 3 nitrogen and oxygen atoms in total. The zero-order chi connectivity index (χ0) is 13.9. The number of alkyl halides is 1. The van der Waals surface area contributed by atoms with Gasteiger partial charge in [0.05, 0.1) is 13.2 Å². The third-order valence-electron chi connectivity index (χ3n) is 2.61. The maximum atomic E-state index is 12.7. The van der Waals surface area contributed by atoms with Crippen molar-refractivity contribution < 1.29 is 18.7 Å². The average Bonchev–Trinajstić information content (AvgIpc) is 2.43. The average molecular weight is 268 g/mol. The quantitative estimate of drug-likeness (QED) is 0.510. The number of esters is 1. The zero-order valence-corrected chi connectivity index (χ0v) is 11.3. The van der Waals surface area contributed by atoms with E-state index in [2.05, 4.69) is 0 Å². The third-order valence-corrected chi connectivity index (χ3v) is 2.61. The summed E-state index contributed by atoms with van der Waals surface area (Å²) in [5.41, 5.74) is 1.17. The van der Waals surface area contributed by atoms with E-state index in [1.165, 1.54) is 5.56 Å². The van der Waals surface area contributed by atoms with Crippen molar-refractivity contribution in [1.29, 1.82) is 0 Å². The van der Waals surface area contributed by atoms with Crippen LogP contribution in [0.2, 0.25) is 0 Å². The largest absolute Gasteiger partial charge is 0.457 e. The number of carbonyl (C=O) groups excluding carboxylic acids is 1. The van der Waals surface area contributed by atoms with Crippen LogP contribution in [-0.2, 0) is 20.7 Å². The first-order valence-electron chi connectivity index (χ1n) is 6.63. The lowest BCUT2D eigenvalue weighted by atomic mass is 10.2. The molecule has 0 radical (unpaired) electrons. The van der Waals surface area contributed by atoms with Gasteiger partial charge in [-0.2, -0.15) is 0 Å². The van der Waals surface area contributed by atoms with Crippen molar-refractivity contribution in [3.63, 3.8) is 0 Å². The van der Waals surface area contributed by atoms with Gasteiger partial charge in [0.2, 0.25) is 0 Å². The molecule has 4 heteroatoms. The number of ether oxygens (including phenoxy) is 2. The van der Waals surface area contributed by atoms with Gasteiger partial charge in [0, 0.05) is 6.42 Å². The number of hydrogen-bond acceptors (Lipinski definition) is 3. The SMILES string of the molecule is CCCC(=O)O[C@@H](CF)COCCc1ccccc1. The van der Waals surface area contributed by atoms with Crippen molar-refractivity contribution in [3.8, 4) is 0 Å². The Morgan fingerprint density at radius 1 is 1.32 bits per heavy atom. The molecular formula is C15H21FO3. The zero-order valence-electron chi connectivity index (χ0n) is 11.3. The molecule has 0 spiro atoms. The number of rotatable bonds is 9. The molecule has 1 rings (SSSR count). The molecule has 0 bridgehead atoms. The van der Waals surface area contributed by atoms with Crippen molar-refractivity contribution in [2.75, 3.05) is 19.9 Å². The summed E-state index contributed by atoms with van der Waals surface area (Å²) in [6, 6.07) is 9.91. The van der Waals surface area contributed by atoms with Crippen LogP contribution in [0.4, 0.5) is 4.39 Å². The maximum Gasteiger partial charge on any atom is 0.306 e. The van der Waals surface area contributed by atoms with Gasteiger partial charge in [0.1, 0.15) is 6.67 Å². The smallest absolute Gasteiger partial charge is 0.306 e. The molecule has 1 aromatic carbocycles. The molecule has 0 saturated heterocycles. The Hall–Kier alpha value is -1.42. The fraction of sp³-hybridized carbons (Fsp3) is 0.533. The van der Waals surface area contributed by atoms with Crippen molar-refractivity contribution in [3.05, 3.63) is 35.9 Å². The third kappa shape index (κ3) is 6.91. The van der Waals surface area contributed by atoms with Gasteiger partial charge in [-0.15, -0.1) is 0 Å². The Morgan fingerprint density at radius 2 is 2.05 bits per heavy atom. The number of carbonyl (C=O) groups is 1. The molecule has 0 N–H and O–H groups in total. The second-order valence-electron chi connectivity index (χ2n) is 4.33. The van der Waals surface area contributed by atoms with Crippen LogP contribution in [0.5, 0.6) is 0 Å². The van der Waals surface area contributed by atoms with Crippen LogP contribution >= 0.6 is 0 Å². The summed E-state index contributed by atoms with van der Waals surface area (Å²) in [5, 5.41) is 0. The van der Waals surface area contributed by atoms with Crippen LogP contribution in [-0.4, -0.2) is 32.0 Å². The minimum absolute atomic E-state index is 0.110. The van der Waals surface area contributed by atoms with Crippen molar-refractivity contribution in [2.24, 2.45) is 0 Å². The second-order valence-corrected chi connectivity index (χ2v) is 4.33. The molecule has 0 aliphatic heterocycles. The number of hydrogen-bond donors (Lipinski definition) is 0. The summed E-state index contributed by atoms with van der Waals surface area (Å²) in [6.45, 7) is 1.77. The van der Waals surface area contributed by atoms with Crippen molar-refractivity contribution in [2.45, 2.75) is 32.3 Å². The van der Waals surface area contributed by atoms with Gasteiger partial charge in [-0.3, -0.25) is 4.79 Å². The molecule has 0 aromatic heterocycles. The second kappa shape index (κ2) is 9.50. The highest BCUT2D eigenvalue weighted by molar-refractivity contribution is 5.69. The minimum Gasteiger partial charge on any atom is -0.457 e. The Morgan fingerprint density at radius 3 is 2.68 bits per heavy atom. The van der Waals surface area contributed by atoms with E-state index in [1.54, 1.807) is 0 Å². The fourth-order valence-corrected chi connectivity index (χ4v) is 1.61. The molecule has 1 aromatic rings. The van der Waals surface area contributed by atoms with E-state index < -0.39 is 12.8 Å². The van der Waals surface area contributed by atoms with Gasteiger partial charge in [-0.05, 0) is 18.4 Å². The van der Waals surface area contributed by atoms with Crippen molar-refractivity contribution >= 4 is 5.97 Å². The van der Waals surface area contributed by atoms with E-state index in [1.807, 2.05) is 37.3 Å². The van der Waals surface area contributed by atoms with Gasteiger partial charge in [-0.1, -0.05) is 37.3 Å². The summed E-state index contributed by atoms with van der Waals surface area (Å²) in [5.74, 6) is -0.364. The first kappa shape index (κ1) is 15.6. The highest BCUT2D eigenvalue weighted by atomic mass is 19.1. The van der Waals surface area contributed by atoms with E-state index in [4.69, 9.17) is 9.47 Å². The van der Waals surface area contributed by atoms with E-state index in [-0.39, 0.29) is 12.6 Å². The summed E-state index contributed by atoms with van der Waals surface area (Å²) in [6.07, 6.45) is 1.01. The highest BCUT2D eigenvalue weighted by Crippen LogP contribution is 2.02. The highest BCUT2D eigenvalue weighted by Gasteiger charge is 2.13. The van der Waals surface area contributed by atoms with Gasteiger partial charge >= 0.3 is 5.97 Å². The Labute approximate surface area is 113 Å². The van der Waals surface area contributed by atoms with Crippen LogP contribution in [0.1, 0.15) is 25.3 Å². The molecule has 0 aliphatic rings. The monoisotopic (exact) mass is 268 g/mol. The first-order chi connectivity index (χ1) is 9.26. The van der Waals surface area contributed by atoms with Gasteiger partial charge in [0.25, 0.3) is 0 Å². The fourth-order valence-electron chi connectivity index (χ4n) is 1.61. The van der Waals surface area contributed by atoms with Crippen LogP contribution in [0, 0.1) is 0 Å². The van der Waals surface area contributed by atoms with Crippen LogP contribution < -0.4 is 0 Å². The lowest BCUT2D eigenvalue weighted by Crippen LogP contribution is -2.26. The Kier molecular flexibility index (Phi) is 7.82. The molecule has 0 unspecified atom stereocenters. The molecular weight excluding hydrogens is 247 g/mol. The van der Waals surface area contributed by atoms with E-state index >= 15 is 0 Å². The standard InChI is InChI=1S/C15H21FO3/c1-2-6-15(17)19-14(11-16)12-18-10-9-13-7-4-3-5-8-13/h3-5,7-8,14H,2,6,9-12H2,1H3/t14-/m0/s1. The van der Waals surface area contributed by atoms with Crippen LogP contribution in [0.25, 0.3) is 0 Å². The van der Waals surface area contributed by atoms with Crippen LogP contribution in [0.15, 0.2) is 30.3 Å². The van der Waals surface area contributed by atoms with Crippen LogP contribution in [0.3, 0.4) is 0 Å².